The molecule has 5 heterocycles. The van der Waals surface area contributed by atoms with E-state index in [2.05, 4.69) is 4.98 Å². The van der Waals surface area contributed by atoms with Crippen LogP contribution in [0.4, 0.5) is 0 Å². The van der Waals surface area contributed by atoms with E-state index < -0.39 is 60.4 Å². The molecule has 3 aromatic rings. The van der Waals surface area contributed by atoms with E-state index in [4.69, 9.17) is 14.2 Å². The van der Waals surface area contributed by atoms with Crippen molar-refractivity contribution in [3.8, 4) is 11.4 Å². The topological polar surface area (TPSA) is 201 Å². The fourth-order valence-corrected chi connectivity index (χ4v) is 5.41. The number of ether oxygens (including phenoxy) is 3. The predicted octanol–water partition coefficient (Wildman–Crippen LogP) is -1.29. The molecule has 3 aliphatic heterocycles. The van der Waals surface area contributed by atoms with Gasteiger partial charge in [0.05, 0.1) is 35.6 Å². The fraction of sp³-hybridized carbons (Fsp3) is 0.423. The van der Waals surface area contributed by atoms with E-state index in [1.54, 1.807) is 0 Å². The smallest absolute Gasteiger partial charge is 0.345 e. The number of cyclic esters (lactones) is 1. The first-order valence-corrected chi connectivity index (χ1v) is 12.4. The van der Waals surface area contributed by atoms with Crippen LogP contribution in [-0.2, 0) is 31.2 Å². The zero-order valence-corrected chi connectivity index (χ0v) is 20.6. The Morgan fingerprint density at radius 2 is 1.87 bits per heavy atom. The Morgan fingerprint density at radius 3 is 2.59 bits per heavy atom. The van der Waals surface area contributed by atoms with Crippen LogP contribution in [0, 0.1) is 0 Å². The lowest BCUT2D eigenvalue weighted by molar-refractivity contribution is -0.474. The Labute approximate surface area is 220 Å². The monoisotopic (exact) mass is 542 g/mol. The summed E-state index contributed by atoms with van der Waals surface area (Å²) in [5.41, 5.74) is -1.19. The molecule has 1 fully saturated rings. The largest absolute Gasteiger partial charge is 0.428 e. The van der Waals surface area contributed by atoms with Crippen LogP contribution >= 0.6 is 0 Å². The van der Waals surface area contributed by atoms with Crippen molar-refractivity contribution in [1.82, 2.24) is 9.55 Å². The maximum absolute atomic E-state index is 13.9. The number of nitrogens with zero attached hydrogens (tertiary/aromatic N) is 2. The zero-order chi connectivity index (χ0) is 27.9. The molecule has 0 amide bonds. The van der Waals surface area contributed by atoms with Crippen molar-refractivity contribution in [3.05, 3.63) is 63.4 Å². The number of pyridine rings is 2. The lowest BCUT2D eigenvalue weighted by Crippen LogP contribution is -2.66. The highest BCUT2D eigenvalue weighted by Gasteiger charge is 2.58. The van der Waals surface area contributed by atoms with E-state index in [1.165, 1.54) is 17.6 Å². The second kappa shape index (κ2) is 8.87. The van der Waals surface area contributed by atoms with Crippen LogP contribution in [-0.4, -0.2) is 83.2 Å². The molecule has 2 unspecified atom stereocenters. The molecule has 0 saturated carbocycles. The molecule has 0 spiro atoms. The number of carbonyl (C=O) groups excluding carboxylic acids is 1. The summed E-state index contributed by atoms with van der Waals surface area (Å²) in [7, 11) is 0. The molecule has 0 bridgehead atoms. The number of hydrogen-bond donors (Lipinski definition) is 6. The molecule has 1 aromatic carbocycles. The minimum Gasteiger partial charge on any atom is -0.428 e. The summed E-state index contributed by atoms with van der Waals surface area (Å²) in [5, 5.41) is 63.3. The lowest BCUT2D eigenvalue weighted by atomic mass is 9.85. The molecule has 6 N–H and O–H groups in total. The Kier molecular flexibility index (Phi) is 5.91. The number of aliphatic hydroxyl groups is 6. The van der Waals surface area contributed by atoms with Gasteiger partial charge < -0.3 is 44.7 Å². The van der Waals surface area contributed by atoms with E-state index in [9.17, 15) is 40.2 Å². The van der Waals surface area contributed by atoms with Crippen molar-refractivity contribution in [2.75, 3.05) is 6.61 Å². The second-order valence-electron chi connectivity index (χ2n) is 9.90. The maximum atomic E-state index is 13.9. The summed E-state index contributed by atoms with van der Waals surface area (Å²) in [6, 6.07) is 10.7. The number of esters is 1. The van der Waals surface area contributed by atoms with E-state index in [-0.39, 0.29) is 24.1 Å². The van der Waals surface area contributed by atoms with Crippen molar-refractivity contribution < 1.29 is 49.6 Å². The van der Waals surface area contributed by atoms with Crippen LogP contribution in [0.2, 0.25) is 0 Å². The molecule has 13 nitrogen and oxygen atoms in total. The molecule has 206 valence electrons. The van der Waals surface area contributed by atoms with E-state index in [0.717, 1.165) is 10.9 Å². The first-order valence-electron chi connectivity index (χ1n) is 12.4. The number of para-hydroxylation sites is 1. The van der Waals surface area contributed by atoms with Gasteiger partial charge in [0.25, 0.3) is 5.56 Å². The normalized spacial score (nSPS) is 33.4. The van der Waals surface area contributed by atoms with Crippen LogP contribution in [0.3, 0.4) is 0 Å². The van der Waals surface area contributed by atoms with E-state index in [0.29, 0.717) is 16.9 Å². The van der Waals surface area contributed by atoms with Crippen LogP contribution in [0.5, 0.6) is 0 Å². The molecule has 0 aliphatic carbocycles. The molecule has 1 saturated heterocycles. The van der Waals surface area contributed by atoms with Crippen molar-refractivity contribution in [2.45, 2.75) is 62.2 Å². The standard InChI is InChI=1S/C26H26N2O11/c1-2-25(35)13-8-15-18-12(7-11-5-3-4-6-14(11)27-18)9-28(15)22(33)17(13)23(37-24(25)34)39-26(36)21(32)20(31)19(30)16(10-29)38-26/h3-8,16,19-21,23,29-32,35-36H,2,9-10H2,1H3/t16-,19-,20+,21-,23?,25+,26?/m1/s1. The molecular weight excluding hydrogens is 516 g/mol. The summed E-state index contributed by atoms with van der Waals surface area (Å²) in [6.45, 7) is 0.756. The number of hydrogen-bond acceptors (Lipinski definition) is 12. The van der Waals surface area contributed by atoms with Gasteiger partial charge in [-0.05, 0) is 24.6 Å². The number of aromatic nitrogens is 2. The number of fused-ring (bicyclic) bond motifs is 5. The van der Waals surface area contributed by atoms with Gasteiger partial charge in [-0.1, -0.05) is 25.1 Å². The average Bonchev–Trinajstić information content (AvgIpc) is 3.29. The van der Waals surface area contributed by atoms with Crippen LogP contribution in [0.25, 0.3) is 22.3 Å². The van der Waals surface area contributed by atoms with Crippen LogP contribution < -0.4 is 5.56 Å². The molecule has 2 aromatic heterocycles. The Hall–Kier alpha value is -3.27. The van der Waals surface area contributed by atoms with Gasteiger partial charge in [0, 0.05) is 16.5 Å². The predicted molar refractivity (Wildman–Crippen MR) is 130 cm³/mol. The molecular formula is C26H26N2O11. The number of rotatable bonds is 4. The van der Waals surface area contributed by atoms with Crippen molar-refractivity contribution >= 4 is 16.9 Å². The summed E-state index contributed by atoms with van der Waals surface area (Å²) in [4.78, 5) is 31.6. The third kappa shape index (κ3) is 3.67. The van der Waals surface area contributed by atoms with E-state index in [1.807, 2.05) is 30.3 Å². The average molecular weight is 542 g/mol. The van der Waals surface area contributed by atoms with Gasteiger partial charge in [-0.15, -0.1) is 0 Å². The van der Waals surface area contributed by atoms with Crippen molar-refractivity contribution in [1.29, 1.82) is 0 Å². The zero-order valence-electron chi connectivity index (χ0n) is 20.6. The Morgan fingerprint density at radius 1 is 1.13 bits per heavy atom. The van der Waals surface area contributed by atoms with Crippen molar-refractivity contribution in [2.24, 2.45) is 0 Å². The van der Waals surface area contributed by atoms with Gasteiger partial charge in [0.1, 0.15) is 18.3 Å². The maximum Gasteiger partial charge on any atom is 0.345 e. The third-order valence-corrected chi connectivity index (χ3v) is 7.66. The summed E-state index contributed by atoms with van der Waals surface area (Å²) < 4.78 is 17.2. The van der Waals surface area contributed by atoms with Crippen molar-refractivity contribution in [3.63, 3.8) is 0 Å². The van der Waals surface area contributed by atoms with Gasteiger partial charge in [0.15, 0.2) is 11.7 Å². The highest BCUT2D eigenvalue weighted by atomic mass is 16.9. The van der Waals surface area contributed by atoms with Crippen LogP contribution in [0.15, 0.2) is 41.2 Å². The van der Waals surface area contributed by atoms with Crippen LogP contribution in [0.1, 0.15) is 36.3 Å². The lowest BCUT2D eigenvalue weighted by Gasteiger charge is -2.46. The molecule has 13 heteroatoms. The molecule has 0 radical (unpaired) electrons. The summed E-state index contributed by atoms with van der Waals surface area (Å²) in [5.74, 6) is -4.31. The Balaban J connectivity index is 1.49. The number of aliphatic hydroxyl groups excluding tert-OH is 4. The first kappa shape index (κ1) is 26.0. The molecule has 6 rings (SSSR count). The minimum atomic E-state index is -3.12. The summed E-state index contributed by atoms with van der Waals surface area (Å²) in [6.07, 6.45) is -9.86. The van der Waals surface area contributed by atoms with Gasteiger partial charge >= 0.3 is 11.9 Å². The SMILES string of the molecule is CC[C@@]1(O)C(=O)OC(OC2(O)O[C@H](CO)[C@@H](O)[C@H](O)[C@H]2O)c2c1cc1n(c2=O)Cc2cc3ccccc3nc2-1. The molecule has 7 atom stereocenters. The van der Waals surface area contributed by atoms with Gasteiger partial charge in [0.2, 0.25) is 6.29 Å². The second-order valence-corrected chi connectivity index (χ2v) is 9.90. The first-order chi connectivity index (χ1) is 18.5. The van der Waals surface area contributed by atoms with Gasteiger partial charge in [-0.3, -0.25) is 9.53 Å². The quantitative estimate of drug-likeness (QED) is 0.132. The fourth-order valence-electron chi connectivity index (χ4n) is 5.41. The molecule has 39 heavy (non-hydrogen) atoms. The number of benzene rings is 1. The highest BCUT2D eigenvalue weighted by Crippen LogP contribution is 2.44. The third-order valence-electron chi connectivity index (χ3n) is 7.66. The highest BCUT2D eigenvalue weighted by molar-refractivity contribution is 5.86. The number of carbonyl (C=O) groups is 1. The van der Waals surface area contributed by atoms with E-state index >= 15 is 0 Å². The molecule has 3 aliphatic rings. The minimum absolute atomic E-state index is 0.112. The summed E-state index contributed by atoms with van der Waals surface area (Å²) >= 11 is 0. The van der Waals surface area contributed by atoms with Gasteiger partial charge in [-0.2, -0.15) is 0 Å². The Bertz CT molecular complexity index is 1550. The van der Waals surface area contributed by atoms with Gasteiger partial charge in [-0.25, -0.2) is 9.78 Å².